The van der Waals surface area contributed by atoms with Gasteiger partial charge in [0.25, 0.3) is 0 Å². The number of hydrogen-bond acceptors (Lipinski definition) is 3. The Labute approximate surface area is 97.5 Å². The summed E-state index contributed by atoms with van der Waals surface area (Å²) in [4.78, 5) is 16.2. The van der Waals surface area contributed by atoms with E-state index in [0.29, 0.717) is 18.7 Å². The van der Waals surface area contributed by atoms with Gasteiger partial charge in [-0.15, -0.1) is 0 Å². The fourth-order valence-corrected chi connectivity index (χ4v) is 2.75. The van der Waals surface area contributed by atoms with E-state index in [-0.39, 0.29) is 6.09 Å². The van der Waals surface area contributed by atoms with Crippen LogP contribution >= 0.6 is 0 Å². The van der Waals surface area contributed by atoms with Gasteiger partial charge in [0.2, 0.25) is 0 Å². The van der Waals surface area contributed by atoms with E-state index in [0.717, 1.165) is 38.9 Å². The van der Waals surface area contributed by atoms with Crippen LogP contribution < -0.4 is 0 Å². The van der Waals surface area contributed by atoms with E-state index >= 15 is 0 Å². The number of nitrogens with zero attached hydrogens (tertiary/aromatic N) is 2. The zero-order chi connectivity index (χ0) is 11.5. The number of carbonyl (C=O) groups is 1. The van der Waals surface area contributed by atoms with Gasteiger partial charge in [-0.05, 0) is 19.4 Å². The molecule has 92 valence electrons. The van der Waals surface area contributed by atoms with E-state index in [1.165, 1.54) is 0 Å². The molecule has 4 heteroatoms. The number of carbonyl (C=O) groups excluding carboxylic acids is 1. The molecule has 2 saturated heterocycles. The molecule has 0 aromatic rings. The first-order chi connectivity index (χ1) is 7.76. The zero-order valence-corrected chi connectivity index (χ0v) is 10.3. The molecule has 2 fully saturated rings. The average molecular weight is 226 g/mol. The third-order valence-corrected chi connectivity index (χ3v) is 3.72. The molecule has 16 heavy (non-hydrogen) atoms. The summed E-state index contributed by atoms with van der Waals surface area (Å²) in [5, 5.41) is 0. The van der Waals surface area contributed by atoms with Crippen LogP contribution in [0.25, 0.3) is 0 Å². The standard InChI is InChI=1S/C12H22N2O2/c1-3-5-6-16-12(15)14-9-10-7-11(14)8-13(10)4-2/h10-11H,3-9H2,1-2H3. The lowest BCUT2D eigenvalue weighted by Gasteiger charge is -2.32. The third kappa shape index (κ3) is 2.17. The molecule has 0 aromatic heterocycles. The van der Waals surface area contributed by atoms with E-state index in [2.05, 4.69) is 18.7 Å². The van der Waals surface area contributed by atoms with Crippen molar-refractivity contribution in [2.45, 2.75) is 45.2 Å². The Morgan fingerprint density at radius 2 is 2.12 bits per heavy atom. The van der Waals surface area contributed by atoms with Crippen LogP contribution in [0, 0.1) is 0 Å². The van der Waals surface area contributed by atoms with Gasteiger partial charge in [0.1, 0.15) is 0 Å². The second-order valence-electron chi connectivity index (χ2n) is 4.75. The van der Waals surface area contributed by atoms with Gasteiger partial charge in [-0.2, -0.15) is 0 Å². The van der Waals surface area contributed by atoms with Crippen molar-refractivity contribution in [2.24, 2.45) is 0 Å². The predicted octanol–water partition coefficient (Wildman–Crippen LogP) is 1.70. The second-order valence-corrected chi connectivity index (χ2v) is 4.75. The van der Waals surface area contributed by atoms with Crippen LogP contribution in [0.4, 0.5) is 4.79 Å². The Balaban J connectivity index is 1.79. The summed E-state index contributed by atoms with van der Waals surface area (Å²) in [5.74, 6) is 0. The number of rotatable bonds is 4. The zero-order valence-electron chi connectivity index (χ0n) is 10.3. The van der Waals surface area contributed by atoms with Crippen molar-refractivity contribution < 1.29 is 9.53 Å². The summed E-state index contributed by atoms with van der Waals surface area (Å²) in [6.45, 7) is 7.85. The van der Waals surface area contributed by atoms with Crippen molar-refractivity contribution in [1.29, 1.82) is 0 Å². The summed E-state index contributed by atoms with van der Waals surface area (Å²) >= 11 is 0. The molecule has 0 radical (unpaired) electrons. The number of amides is 1. The molecule has 0 N–H and O–H groups in total. The number of fused-ring (bicyclic) bond motifs is 2. The van der Waals surface area contributed by atoms with E-state index < -0.39 is 0 Å². The quantitative estimate of drug-likeness (QED) is 0.684. The largest absolute Gasteiger partial charge is 0.449 e. The fourth-order valence-electron chi connectivity index (χ4n) is 2.75. The minimum atomic E-state index is -0.100. The number of unbranched alkanes of at least 4 members (excludes halogenated alkanes) is 1. The second kappa shape index (κ2) is 5.04. The van der Waals surface area contributed by atoms with Crippen LogP contribution in [-0.2, 0) is 4.74 Å². The van der Waals surface area contributed by atoms with Crippen molar-refractivity contribution in [3.63, 3.8) is 0 Å². The van der Waals surface area contributed by atoms with Gasteiger partial charge in [-0.3, -0.25) is 4.90 Å². The molecule has 2 aliphatic heterocycles. The van der Waals surface area contributed by atoms with Crippen LogP contribution in [0.1, 0.15) is 33.1 Å². The maximum Gasteiger partial charge on any atom is 0.410 e. The van der Waals surface area contributed by atoms with Crippen LogP contribution in [0.15, 0.2) is 0 Å². The van der Waals surface area contributed by atoms with Gasteiger partial charge in [0.15, 0.2) is 0 Å². The van der Waals surface area contributed by atoms with E-state index in [1.807, 2.05) is 4.90 Å². The number of ether oxygens (including phenoxy) is 1. The molecule has 0 aromatic carbocycles. The monoisotopic (exact) mass is 226 g/mol. The smallest absolute Gasteiger partial charge is 0.410 e. The highest BCUT2D eigenvalue weighted by molar-refractivity contribution is 5.68. The molecule has 2 aliphatic rings. The Kier molecular flexibility index (Phi) is 3.69. The van der Waals surface area contributed by atoms with Crippen LogP contribution in [-0.4, -0.2) is 54.2 Å². The molecular weight excluding hydrogens is 204 g/mol. The minimum Gasteiger partial charge on any atom is -0.449 e. The van der Waals surface area contributed by atoms with E-state index in [9.17, 15) is 4.79 Å². The predicted molar refractivity (Wildman–Crippen MR) is 62.4 cm³/mol. The van der Waals surface area contributed by atoms with Crippen LogP contribution in [0.5, 0.6) is 0 Å². The van der Waals surface area contributed by atoms with Gasteiger partial charge in [0.05, 0.1) is 6.61 Å². The molecule has 2 unspecified atom stereocenters. The van der Waals surface area contributed by atoms with Crippen molar-refractivity contribution in [2.75, 3.05) is 26.2 Å². The van der Waals surface area contributed by atoms with Crippen molar-refractivity contribution >= 4 is 6.09 Å². The molecule has 0 aliphatic carbocycles. The lowest BCUT2D eigenvalue weighted by atomic mass is 10.2. The fraction of sp³-hybridized carbons (Fsp3) is 0.917. The molecule has 0 saturated carbocycles. The minimum absolute atomic E-state index is 0.100. The first-order valence-corrected chi connectivity index (χ1v) is 6.43. The highest BCUT2D eigenvalue weighted by Gasteiger charge is 2.44. The van der Waals surface area contributed by atoms with Gasteiger partial charge in [0, 0.05) is 25.2 Å². The Hall–Kier alpha value is -0.770. The van der Waals surface area contributed by atoms with Crippen LogP contribution in [0.2, 0.25) is 0 Å². The maximum atomic E-state index is 11.8. The van der Waals surface area contributed by atoms with Gasteiger partial charge in [-0.25, -0.2) is 4.79 Å². The number of hydrogen-bond donors (Lipinski definition) is 0. The SMILES string of the molecule is CCCCOC(=O)N1CC2CC1CN2CC. The Bertz CT molecular complexity index is 257. The maximum absolute atomic E-state index is 11.8. The molecular formula is C12H22N2O2. The highest BCUT2D eigenvalue weighted by Crippen LogP contribution is 2.30. The lowest BCUT2D eigenvalue weighted by molar-refractivity contribution is 0.0745. The van der Waals surface area contributed by atoms with Crippen molar-refractivity contribution in [3.05, 3.63) is 0 Å². The highest BCUT2D eigenvalue weighted by atomic mass is 16.6. The summed E-state index contributed by atoms with van der Waals surface area (Å²) < 4.78 is 5.26. The first-order valence-electron chi connectivity index (χ1n) is 6.43. The average Bonchev–Trinajstić information content (AvgIpc) is 2.87. The molecule has 4 nitrogen and oxygen atoms in total. The number of piperazine rings is 1. The normalized spacial score (nSPS) is 28.8. The molecule has 0 spiro atoms. The third-order valence-electron chi connectivity index (χ3n) is 3.72. The van der Waals surface area contributed by atoms with E-state index in [4.69, 9.17) is 4.74 Å². The van der Waals surface area contributed by atoms with Gasteiger partial charge >= 0.3 is 6.09 Å². The van der Waals surface area contributed by atoms with Crippen molar-refractivity contribution in [3.8, 4) is 0 Å². The number of likely N-dealkylation sites (N-methyl/N-ethyl adjacent to an activating group) is 1. The first kappa shape index (κ1) is 11.7. The molecule has 2 bridgehead atoms. The Morgan fingerprint density at radius 1 is 1.31 bits per heavy atom. The van der Waals surface area contributed by atoms with Crippen LogP contribution in [0.3, 0.4) is 0 Å². The Morgan fingerprint density at radius 3 is 2.69 bits per heavy atom. The lowest BCUT2D eigenvalue weighted by Crippen LogP contribution is -2.48. The van der Waals surface area contributed by atoms with Gasteiger partial charge < -0.3 is 9.64 Å². The summed E-state index contributed by atoms with van der Waals surface area (Å²) in [6.07, 6.45) is 3.07. The molecule has 1 amide bonds. The molecule has 2 rings (SSSR count). The molecule has 2 heterocycles. The summed E-state index contributed by atoms with van der Waals surface area (Å²) in [6, 6.07) is 0.979. The summed E-state index contributed by atoms with van der Waals surface area (Å²) in [5.41, 5.74) is 0. The van der Waals surface area contributed by atoms with E-state index in [1.54, 1.807) is 0 Å². The topological polar surface area (TPSA) is 32.8 Å². The van der Waals surface area contributed by atoms with Gasteiger partial charge in [-0.1, -0.05) is 20.3 Å². The molecule has 2 atom stereocenters. The van der Waals surface area contributed by atoms with Crippen molar-refractivity contribution in [1.82, 2.24) is 9.80 Å². The summed E-state index contributed by atoms with van der Waals surface area (Å²) in [7, 11) is 0. The number of likely N-dealkylation sites (tertiary alicyclic amines) is 2.